The molecular formula is C16H32O12Re. The van der Waals surface area contributed by atoms with Crippen LogP contribution in [0.1, 0.15) is 55.4 Å². The van der Waals surface area contributed by atoms with Gasteiger partial charge >= 0.3 is 23.9 Å². The fourth-order valence-electron chi connectivity index (χ4n) is 0. The molecule has 8 N–H and O–H groups in total. The van der Waals surface area contributed by atoms with Crippen molar-refractivity contribution in [2.75, 3.05) is 0 Å². The van der Waals surface area contributed by atoms with Gasteiger partial charge in [-0.2, -0.15) is 0 Å². The van der Waals surface area contributed by atoms with Gasteiger partial charge in [0.1, 0.15) is 0 Å². The first-order valence-corrected chi connectivity index (χ1v) is 7.61. The van der Waals surface area contributed by atoms with Crippen LogP contribution in [0.3, 0.4) is 0 Å². The Kier molecular flexibility index (Phi) is 18.9. The van der Waals surface area contributed by atoms with Crippen molar-refractivity contribution in [2.24, 2.45) is 0 Å². The maximum atomic E-state index is 9.77. The predicted molar refractivity (Wildman–Crippen MR) is 95.7 cm³/mol. The molecule has 0 spiro atoms. The van der Waals surface area contributed by atoms with E-state index in [1.165, 1.54) is 55.4 Å². The molecule has 0 unspecified atom stereocenters. The Morgan fingerprint density at radius 1 is 0.414 bits per heavy atom. The number of aliphatic hydroxyl groups is 4. The monoisotopic (exact) mass is 603 g/mol. The minimum absolute atomic E-state index is 0. The standard InChI is InChI=1S/4C4H8O3.Re/c4*1-4(2,7)3(5)6;/h4*7H,1-2H3,(H,5,6);. The molecule has 12 nitrogen and oxygen atoms in total. The van der Waals surface area contributed by atoms with Crippen LogP contribution in [0.15, 0.2) is 0 Å². The van der Waals surface area contributed by atoms with Gasteiger partial charge in [0.15, 0.2) is 22.4 Å². The second-order valence-corrected chi connectivity index (χ2v) is 7.46. The molecule has 0 aliphatic heterocycles. The molecule has 13 heteroatoms. The molecule has 175 valence electrons. The van der Waals surface area contributed by atoms with E-state index < -0.39 is 46.3 Å². The topological polar surface area (TPSA) is 230 Å². The minimum Gasteiger partial charge on any atom is -0.479 e. The van der Waals surface area contributed by atoms with Crippen molar-refractivity contribution in [1.29, 1.82) is 0 Å². The molecule has 0 aromatic rings. The summed E-state index contributed by atoms with van der Waals surface area (Å²) in [6.45, 7) is 9.74. The fraction of sp³-hybridized carbons (Fsp3) is 0.750. The van der Waals surface area contributed by atoms with Crippen molar-refractivity contribution < 1.29 is 80.5 Å². The van der Waals surface area contributed by atoms with Crippen molar-refractivity contribution in [3.8, 4) is 0 Å². The molecule has 0 rings (SSSR count). The van der Waals surface area contributed by atoms with Crippen LogP contribution in [0.2, 0.25) is 0 Å². The summed E-state index contributed by atoms with van der Waals surface area (Å²) >= 11 is 0. The Bertz CT molecular complexity index is 420. The molecule has 1 radical (unpaired) electrons. The number of aliphatic carboxylic acids is 4. The van der Waals surface area contributed by atoms with E-state index in [0.29, 0.717) is 0 Å². The van der Waals surface area contributed by atoms with Crippen LogP contribution in [0, 0.1) is 0 Å². The van der Waals surface area contributed by atoms with Gasteiger partial charge in [0, 0.05) is 20.4 Å². The zero-order chi connectivity index (χ0) is 24.3. The van der Waals surface area contributed by atoms with Crippen molar-refractivity contribution in [3.63, 3.8) is 0 Å². The fourth-order valence-corrected chi connectivity index (χ4v) is 0. The smallest absolute Gasteiger partial charge is 0.335 e. The summed E-state index contributed by atoms with van der Waals surface area (Å²) < 4.78 is 0. The zero-order valence-corrected chi connectivity index (χ0v) is 20.3. The number of hydrogen-bond acceptors (Lipinski definition) is 8. The van der Waals surface area contributed by atoms with Crippen molar-refractivity contribution in [2.45, 2.75) is 77.8 Å². The van der Waals surface area contributed by atoms with E-state index >= 15 is 0 Å². The van der Waals surface area contributed by atoms with Gasteiger partial charge in [-0.05, 0) is 55.4 Å². The molecule has 0 aliphatic rings. The van der Waals surface area contributed by atoms with E-state index in [-0.39, 0.29) is 20.4 Å². The summed E-state index contributed by atoms with van der Waals surface area (Å²) in [6, 6.07) is 0. The van der Waals surface area contributed by atoms with E-state index in [1.54, 1.807) is 0 Å². The average molecular weight is 603 g/mol. The van der Waals surface area contributed by atoms with Crippen molar-refractivity contribution in [3.05, 3.63) is 0 Å². The van der Waals surface area contributed by atoms with Gasteiger partial charge in [0.05, 0.1) is 0 Å². The van der Waals surface area contributed by atoms with Gasteiger partial charge in [0.25, 0.3) is 0 Å². The second kappa shape index (κ2) is 14.4. The number of carbonyl (C=O) groups is 4. The molecule has 0 aliphatic carbocycles. The van der Waals surface area contributed by atoms with Crippen LogP contribution in [0.25, 0.3) is 0 Å². The molecule has 0 bridgehead atoms. The number of carboxylic acid groups (broad SMARTS) is 4. The number of rotatable bonds is 4. The molecule has 0 amide bonds. The number of hydrogen-bond donors (Lipinski definition) is 8. The summed E-state index contributed by atoms with van der Waals surface area (Å²) in [5.74, 6) is -4.81. The van der Waals surface area contributed by atoms with Gasteiger partial charge in [-0.15, -0.1) is 0 Å². The summed E-state index contributed by atoms with van der Waals surface area (Å²) in [7, 11) is 0. The van der Waals surface area contributed by atoms with Crippen molar-refractivity contribution in [1.82, 2.24) is 0 Å². The SMILES string of the molecule is CC(C)(O)C(=O)O.CC(C)(O)C(=O)O.CC(C)(O)C(=O)O.CC(C)(O)C(=O)O.[Re]. The van der Waals surface area contributed by atoms with E-state index in [9.17, 15) is 19.2 Å². The molecule has 0 heterocycles. The molecule has 0 aromatic heterocycles. The van der Waals surface area contributed by atoms with Gasteiger partial charge < -0.3 is 40.9 Å². The second-order valence-electron chi connectivity index (χ2n) is 7.46. The third kappa shape index (κ3) is 31.3. The Morgan fingerprint density at radius 3 is 0.448 bits per heavy atom. The van der Waals surface area contributed by atoms with Gasteiger partial charge in [-0.3, -0.25) is 0 Å². The van der Waals surface area contributed by atoms with Gasteiger partial charge in [0.2, 0.25) is 0 Å². The Hall–Kier alpha value is -1.62. The maximum absolute atomic E-state index is 9.77. The van der Waals surface area contributed by atoms with Crippen LogP contribution in [-0.4, -0.2) is 87.1 Å². The largest absolute Gasteiger partial charge is 0.479 e. The molecular weight excluding hydrogens is 570 g/mol. The van der Waals surface area contributed by atoms with Crippen molar-refractivity contribution >= 4 is 23.9 Å². The van der Waals surface area contributed by atoms with E-state index in [0.717, 1.165) is 0 Å². The summed E-state index contributed by atoms with van der Waals surface area (Å²) in [5, 5.41) is 66.0. The summed E-state index contributed by atoms with van der Waals surface area (Å²) in [6.07, 6.45) is 0. The average Bonchev–Trinajstić information content (AvgIpc) is 2.35. The van der Waals surface area contributed by atoms with E-state index in [1.807, 2.05) is 0 Å². The van der Waals surface area contributed by atoms with Gasteiger partial charge in [-0.1, -0.05) is 0 Å². The summed E-state index contributed by atoms with van der Waals surface area (Å²) in [5.41, 5.74) is -6.33. The minimum atomic E-state index is -1.58. The van der Waals surface area contributed by atoms with Crippen LogP contribution < -0.4 is 0 Å². The summed E-state index contributed by atoms with van der Waals surface area (Å²) in [4.78, 5) is 39.1. The Labute approximate surface area is 182 Å². The quantitative estimate of drug-likeness (QED) is 0.201. The molecule has 0 saturated heterocycles. The molecule has 0 atom stereocenters. The van der Waals surface area contributed by atoms with Crippen LogP contribution >= 0.6 is 0 Å². The normalized spacial score (nSPS) is 10.9. The third-order valence-electron chi connectivity index (χ3n) is 2.09. The third-order valence-corrected chi connectivity index (χ3v) is 2.09. The first-order valence-electron chi connectivity index (χ1n) is 7.61. The maximum Gasteiger partial charge on any atom is 0.335 e. The first kappa shape index (κ1) is 38.0. The molecule has 0 aromatic carbocycles. The van der Waals surface area contributed by atoms with Crippen LogP contribution in [0.4, 0.5) is 0 Å². The Balaban J connectivity index is -0.0000000873. The molecule has 29 heavy (non-hydrogen) atoms. The first-order chi connectivity index (χ1) is 11.8. The van der Waals surface area contributed by atoms with E-state index in [4.69, 9.17) is 40.9 Å². The Morgan fingerprint density at radius 2 is 0.448 bits per heavy atom. The van der Waals surface area contributed by atoms with Crippen LogP contribution in [-0.2, 0) is 39.6 Å². The zero-order valence-electron chi connectivity index (χ0n) is 17.6. The molecule has 0 fully saturated rings. The predicted octanol–water partition coefficient (Wildman–Crippen LogP) is -0.635. The van der Waals surface area contributed by atoms with Crippen LogP contribution in [0.5, 0.6) is 0 Å². The molecule has 0 saturated carbocycles. The van der Waals surface area contributed by atoms with Gasteiger partial charge in [-0.25, -0.2) is 19.2 Å². The van der Waals surface area contributed by atoms with E-state index in [2.05, 4.69) is 0 Å². The number of carboxylic acids is 4.